The number of amides is 1. The summed E-state index contributed by atoms with van der Waals surface area (Å²) in [5.74, 6) is 0.609. The highest BCUT2D eigenvalue weighted by atomic mass is 32.2. The normalized spacial score (nSPS) is 11.2. The third-order valence-corrected chi connectivity index (χ3v) is 6.51. The fourth-order valence-corrected chi connectivity index (χ4v) is 4.70. The van der Waals surface area contributed by atoms with Crippen molar-refractivity contribution in [1.29, 1.82) is 0 Å². The third kappa shape index (κ3) is 6.26. The summed E-state index contributed by atoms with van der Waals surface area (Å²) < 4.78 is 39.0. The van der Waals surface area contributed by atoms with Crippen LogP contribution in [0.15, 0.2) is 83.8 Å². The van der Waals surface area contributed by atoms with Gasteiger partial charge < -0.3 is 14.8 Å². The first-order chi connectivity index (χ1) is 15.8. The topological polar surface area (TPSA) is 84.9 Å². The van der Waals surface area contributed by atoms with E-state index in [2.05, 4.69) is 5.32 Å². The maximum atomic E-state index is 13.4. The van der Waals surface area contributed by atoms with Crippen LogP contribution in [0, 0.1) is 0 Å². The SMILES string of the molecule is COc1ccccc1N(CC(=O)NCc1cccc(OC(C)C)c1)S(=O)(=O)c1ccccc1. The molecule has 0 aliphatic carbocycles. The number of nitrogens with one attached hydrogen (secondary N) is 1. The van der Waals surface area contributed by atoms with Gasteiger partial charge in [-0.15, -0.1) is 0 Å². The van der Waals surface area contributed by atoms with Gasteiger partial charge in [-0.1, -0.05) is 42.5 Å². The summed E-state index contributed by atoms with van der Waals surface area (Å²) in [6.45, 7) is 3.71. The van der Waals surface area contributed by atoms with Gasteiger partial charge >= 0.3 is 0 Å². The number of carbonyl (C=O) groups excluding carboxylic acids is 1. The lowest BCUT2D eigenvalue weighted by molar-refractivity contribution is -0.119. The van der Waals surface area contributed by atoms with Crippen molar-refractivity contribution in [1.82, 2.24) is 5.32 Å². The van der Waals surface area contributed by atoms with E-state index in [0.29, 0.717) is 11.5 Å². The van der Waals surface area contributed by atoms with Gasteiger partial charge in [-0.3, -0.25) is 9.10 Å². The lowest BCUT2D eigenvalue weighted by Gasteiger charge is -2.25. The van der Waals surface area contributed by atoms with Crippen molar-refractivity contribution in [3.63, 3.8) is 0 Å². The van der Waals surface area contributed by atoms with Gasteiger partial charge in [0.1, 0.15) is 18.0 Å². The maximum absolute atomic E-state index is 13.4. The lowest BCUT2D eigenvalue weighted by Crippen LogP contribution is -2.40. The molecular weight excluding hydrogens is 440 g/mol. The summed E-state index contributed by atoms with van der Waals surface area (Å²) in [4.78, 5) is 12.9. The number of sulfonamides is 1. The number of nitrogens with zero attached hydrogens (tertiary/aromatic N) is 1. The molecule has 8 heteroatoms. The Morgan fingerprint density at radius 1 is 0.970 bits per heavy atom. The second kappa shape index (κ2) is 10.9. The molecule has 0 fully saturated rings. The van der Waals surface area contributed by atoms with E-state index in [9.17, 15) is 13.2 Å². The maximum Gasteiger partial charge on any atom is 0.264 e. The fraction of sp³-hybridized carbons (Fsp3) is 0.240. The molecule has 174 valence electrons. The van der Waals surface area contributed by atoms with E-state index in [1.807, 2.05) is 38.1 Å². The van der Waals surface area contributed by atoms with Crippen LogP contribution < -0.4 is 19.1 Å². The molecule has 0 unspecified atom stereocenters. The number of hydrogen-bond acceptors (Lipinski definition) is 5. The summed E-state index contributed by atoms with van der Waals surface area (Å²) in [7, 11) is -2.56. The molecule has 0 heterocycles. The van der Waals surface area contributed by atoms with Gasteiger partial charge in [0.05, 0.1) is 23.8 Å². The van der Waals surface area contributed by atoms with Gasteiger partial charge in [0.15, 0.2) is 0 Å². The predicted molar refractivity (Wildman–Crippen MR) is 128 cm³/mol. The largest absolute Gasteiger partial charge is 0.495 e. The molecule has 0 atom stereocenters. The van der Waals surface area contributed by atoms with Crippen molar-refractivity contribution in [3.8, 4) is 11.5 Å². The number of methoxy groups -OCH3 is 1. The molecule has 0 saturated heterocycles. The average molecular weight is 469 g/mol. The van der Waals surface area contributed by atoms with Gasteiger partial charge in [0, 0.05) is 6.54 Å². The van der Waals surface area contributed by atoms with E-state index in [0.717, 1.165) is 9.87 Å². The smallest absolute Gasteiger partial charge is 0.264 e. The Morgan fingerprint density at radius 2 is 1.67 bits per heavy atom. The van der Waals surface area contributed by atoms with Gasteiger partial charge in [0.2, 0.25) is 5.91 Å². The van der Waals surface area contributed by atoms with Gasteiger partial charge in [-0.05, 0) is 55.8 Å². The number of carbonyl (C=O) groups is 1. The van der Waals surface area contributed by atoms with E-state index in [1.54, 1.807) is 42.5 Å². The zero-order valence-corrected chi connectivity index (χ0v) is 19.7. The highest BCUT2D eigenvalue weighted by Crippen LogP contribution is 2.32. The minimum atomic E-state index is -4.01. The van der Waals surface area contributed by atoms with Crippen molar-refractivity contribution in [2.24, 2.45) is 0 Å². The molecule has 1 amide bonds. The number of anilines is 1. The Morgan fingerprint density at radius 3 is 2.36 bits per heavy atom. The Labute approximate surface area is 195 Å². The molecule has 0 aromatic heterocycles. The molecule has 7 nitrogen and oxygen atoms in total. The van der Waals surface area contributed by atoms with Crippen LogP contribution >= 0.6 is 0 Å². The predicted octanol–water partition coefficient (Wildman–Crippen LogP) is 3.99. The molecule has 0 aliphatic rings. The Bertz CT molecular complexity index is 1180. The van der Waals surface area contributed by atoms with Gasteiger partial charge in [0.25, 0.3) is 10.0 Å². The summed E-state index contributed by atoms with van der Waals surface area (Å²) >= 11 is 0. The molecule has 0 aliphatic heterocycles. The minimum Gasteiger partial charge on any atom is -0.495 e. The van der Waals surface area contributed by atoms with Crippen LogP contribution in [0.4, 0.5) is 5.69 Å². The highest BCUT2D eigenvalue weighted by molar-refractivity contribution is 7.92. The number of rotatable bonds is 10. The second-order valence-electron chi connectivity index (χ2n) is 7.59. The van der Waals surface area contributed by atoms with E-state index >= 15 is 0 Å². The highest BCUT2D eigenvalue weighted by Gasteiger charge is 2.29. The molecule has 0 spiro atoms. The molecule has 3 rings (SSSR count). The zero-order chi connectivity index (χ0) is 23.8. The van der Waals surface area contributed by atoms with Crippen molar-refractivity contribution >= 4 is 21.6 Å². The number of ether oxygens (including phenoxy) is 2. The van der Waals surface area contributed by atoms with Crippen molar-refractivity contribution in [3.05, 3.63) is 84.4 Å². The molecule has 3 aromatic rings. The Kier molecular flexibility index (Phi) is 7.95. The van der Waals surface area contributed by atoms with Crippen LogP contribution in [0.5, 0.6) is 11.5 Å². The molecule has 0 bridgehead atoms. The summed E-state index contributed by atoms with van der Waals surface area (Å²) in [6.07, 6.45) is 0.0347. The van der Waals surface area contributed by atoms with Crippen molar-refractivity contribution in [2.45, 2.75) is 31.4 Å². The van der Waals surface area contributed by atoms with Gasteiger partial charge in [-0.2, -0.15) is 0 Å². The van der Waals surface area contributed by atoms with Crippen LogP contribution in [-0.2, 0) is 21.4 Å². The van der Waals surface area contributed by atoms with Crippen molar-refractivity contribution < 1.29 is 22.7 Å². The Hall–Kier alpha value is -3.52. The van der Waals surface area contributed by atoms with E-state index < -0.39 is 22.5 Å². The summed E-state index contributed by atoms with van der Waals surface area (Å²) in [6, 6.07) is 22.1. The molecular formula is C25H28N2O5S. The summed E-state index contributed by atoms with van der Waals surface area (Å²) in [5.41, 5.74) is 1.13. The first kappa shape index (κ1) is 24.1. The average Bonchev–Trinajstić information content (AvgIpc) is 2.81. The van der Waals surface area contributed by atoms with Crippen molar-refractivity contribution in [2.75, 3.05) is 18.0 Å². The summed E-state index contributed by atoms with van der Waals surface area (Å²) in [5, 5.41) is 2.80. The zero-order valence-electron chi connectivity index (χ0n) is 18.9. The molecule has 0 saturated carbocycles. The molecule has 0 radical (unpaired) electrons. The lowest BCUT2D eigenvalue weighted by atomic mass is 10.2. The van der Waals surface area contributed by atoms with Crippen LogP contribution in [0.25, 0.3) is 0 Å². The van der Waals surface area contributed by atoms with Gasteiger partial charge in [-0.25, -0.2) is 8.42 Å². The first-order valence-corrected chi connectivity index (χ1v) is 12.0. The fourth-order valence-electron chi connectivity index (χ4n) is 3.24. The third-order valence-electron chi connectivity index (χ3n) is 4.73. The number of para-hydroxylation sites is 2. The molecule has 33 heavy (non-hydrogen) atoms. The number of benzene rings is 3. The number of hydrogen-bond donors (Lipinski definition) is 1. The van der Waals surface area contributed by atoms with Crippen LogP contribution in [0.2, 0.25) is 0 Å². The minimum absolute atomic E-state index is 0.0347. The van der Waals surface area contributed by atoms with Crippen LogP contribution in [-0.4, -0.2) is 34.1 Å². The quantitative estimate of drug-likeness (QED) is 0.486. The first-order valence-electron chi connectivity index (χ1n) is 10.5. The Balaban J connectivity index is 1.83. The van der Waals surface area contributed by atoms with E-state index in [-0.39, 0.29) is 23.2 Å². The monoisotopic (exact) mass is 468 g/mol. The van der Waals surface area contributed by atoms with Crippen LogP contribution in [0.1, 0.15) is 19.4 Å². The second-order valence-corrected chi connectivity index (χ2v) is 9.45. The molecule has 3 aromatic carbocycles. The molecule has 1 N–H and O–H groups in total. The van der Waals surface area contributed by atoms with E-state index in [4.69, 9.17) is 9.47 Å². The standard InChI is InChI=1S/C25H28N2O5S/c1-19(2)32-21-11-9-10-20(16-21)17-26-25(28)18-27(23-14-7-8-15-24(23)31-3)33(29,30)22-12-5-4-6-13-22/h4-16,19H,17-18H2,1-3H3,(H,26,28). The van der Waals surface area contributed by atoms with E-state index in [1.165, 1.54) is 19.2 Å². The van der Waals surface area contributed by atoms with Crippen LogP contribution in [0.3, 0.4) is 0 Å².